The molecular formula is C26H28ClFIN5O2-. The number of nitrogen functional groups attached to an aromatic ring is 1. The summed E-state index contributed by atoms with van der Waals surface area (Å²) in [6.07, 6.45) is 3.05. The second kappa shape index (κ2) is 10.6. The topological polar surface area (TPSA) is 94.5 Å². The Morgan fingerprint density at radius 1 is 1.25 bits per heavy atom. The molecule has 0 fully saturated rings. The molecule has 1 atom stereocenters. The van der Waals surface area contributed by atoms with Crippen molar-refractivity contribution in [3.63, 3.8) is 0 Å². The first kappa shape index (κ1) is 26.2. The van der Waals surface area contributed by atoms with Crippen molar-refractivity contribution < 1.29 is 34.0 Å². The molecule has 2 aromatic carbocycles. The number of aryl methyl sites for hydroxylation is 1. The summed E-state index contributed by atoms with van der Waals surface area (Å²) >= 11 is 4.23. The van der Waals surface area contributed by atoms with Gasteiger partial charge in [0.1, 0.15) is 0 Å². The molecule has 0 aliphatic rings. The first-order valence-electron chi connectivity index (χ1n) is 11.3. The van der Waals surface area contributed by atoms with Crippen molar-refractivity contribution in [3.8, 4) is 5.75 Å². The Morgan fingerprint density at radius 2 is 1.94 bits per heavy atom. The van der Waals surface area contributed by atoms with Crippen molar-refractivity contribution >= 4 is 28.8 Å². The molecule has 4 rings (SSSR count). The summed E-state index contributed by atoms with van der Waals surface area (Å²) in [5.74, 6) is -0.601. The molecule has 0 bridgehead atoms. The minimum atomic E-state index is -2.12. The number of anilines is 1. The fourth-order valence-corrected chi connectivity index (χ4v) is 7.09. The molecule has 1 radical (unpaired) electrons. The van der Waals surface area contributed by atoms with E-state index in [2.05, 4.69) is 8.51 Å². The second-order valence-electron chi connectivity index (χ2n) is 8.63. The number of benzene rings is 2. The van der Waals surface area contributed by atoms with Crippen LogP contribution in [0.2, 0.25) is 5.02 Å². The van der Waals surface area contributed by atoms with Crippen LogP contribution in [0.3, 0.4) is 0 Å². The van der Waals surface area contributed by atoms with Gasteiger partial charge in [0.2, 0.25) is 0 Å². The van der Waals surface area contributed by atoms with Gasteiger partial charge in [0.25, 0.3) is 0 Å². The number of aromatic nitrogens is 3. The fourth-order valence-electron chi connectivity index (χ4n) is 4.06. The molecule has 3 N–H and O–H groups in total. The van der Waals surface area contributed by atoms with E-state index in [1.165, 1.54) is 6.07 Å². The molecule has 7 nitrogen and oxygen atoms in total. The van der Waals surface area contributed by atoms with Crippen molar-refractivity contribution in [3.05, 3.63) is 85.8 Å². The number of nitrogens with two attached hydrogens (primary N) is 1. The Morgan fingerprint density at radius 3 is 2.61 bits per heavy atom. The summed E-state index contributed by atoms with van der Waals surface area (Å²) < 4.78 is 27.5. The van der Waals surface area contributed by atoms with Crippen LogP contribution in [0.4, 0.5) is 10.2 Å². The maximum atomic E-state index is 15.5. The van der Waals surface area contributed by atoms with E-state index in [0.29, 0.717) is 28.4 Å². The molecule has 2 aromatic heterocycles. The van der Waals surface area contributed by atoms with Crippen molar-refractivity contribution in [1.82, 2.24) is 17.9 Å². The molecule has 0 spiro atoms. The van der Waals surface area contributed by atoms with Crippen LogP contribution >= 0.6 is 11.6 Å². The molecule has 191 valence electrons. The van der Waals surface area contributed by atoms with Gasteiger partial charge in [-0.25, -0.2) is 0 Å². The van der Waals surface area contributed by atoms with Crippen molar-refractivity contribution in [2.24, 2.45) is 0 Å². The number of alkyl halides is 1. The first-order chi connectivity index (χ1) is 17.1. The number of amides is 1. The molecule has 0 saturated heterocycles. The van der Waals surface area contributed by atoms with E-state index < -0.39 is 37.7 Å². The summed E-state index contributed by atoms with van der Waals surface area (Å²) in [5, 5.41) is -0.159. The van der Waals surface area contributed by atoms with Crippen LogP contribution in [0.1, 0.15) is 54.1 Å². The van der Waals surface area contributed by atoms with Crippen LogP contribution in [-0.4, -0.2) is 31.3 Å². The standard InChI is InChI=1S/C26H28ClFIN5O2/c1-14(2)36-23-18(15(3)25-32-16(4)22-24(30)31-11-12-34(22)25)13-19(27)21(28)20(23)26(35)33-29(5)17-9-7-6-8-10-17/h6-15H,1-5H3,(H2,30,31)(H,33,35)/q-1/t15-/m0/s1. The Hall–Kier alpha value is -2.92. The van der Waals surface area contributed by atoms with Gasteiger partial charge in [0.05, 0.1) is 0 Å². The number of hydrogen-bond donors (Lipinski definition) is 2. The summed E-state index contributed by atoms with van der Waals surface area (Å²) in [4.78, 5) is 24.3. The predicted molar refractivity (Wildman–Crippen MR) is 135 cm³/mol. The molecule has 0 saturated carbocycles. The average Bonchev–Trinajstić information content (AvgIpc) is 3.18. The minimum absolute atomic E-state index is 0.158. The normalized spacial score (nSPS) is 12.6. The molecule has 36 heavy (non-hydrogen) atoms. The Balaban J connectivity index is 1.84. The third-order valence-electron chi connectivity index (χ3n) is 5.71. The monoisotopic (exact) mass is 623 g/mol. The number of nitrogens with one attached hydrogen (secondary N) is 1. The molecule has 2 heterocycles. The van der Waals surface area contributed by atoms with Gasteiger partial charge in [-0.2, -0.15) is 0 Å². The maximum absolute atomic E-state index is 15.5. The molecule has 4 aromatic rings. The number of ether oxygens (including phenoxy) is 1. The van der Waals surface area contributed by atoms with Crippen LogP contribution in [0.5, 0.6) is 5.75 Å². The number of fused-ring (bicyclic) bond motifs is 1. The summed E-state index contributed by atoms with van der Waals surface area (Å²) in [6.45, 7) is 7.41. The fraction of sp³-hybridized carbons (Fsp3) is 0.269. The molecule has 0 aliphatic carbocycles. The van der Waals surface area contributed by atoms with Gasteiger partial charge in [-0.1, -0.05) is 0 Å². The first-order valence-corrected chi connectivity index (χ1v) is 16.0. The number of halogens is 3. The van der Waals surface area contributed by atoms with Crippen molar-refractivity contribution in [2.75, 3.05) is 10.7 Å². The van der Waals surface area contributed by atoms with Crippen LogP contribution in [0, 0.1) is 16.3 Å². The molecule has 1 amide bonds. The number of carbonyl (C=O) groups is 1. The number of carbonyl (C=O) groups excluding carboxylic acids is 1. The zero-order valence-corrected chi connectivity index (χ0v) is 23.6. The van der Waals surface area contributed by atoms with E-state index in [4.69, 9.17) is 27.1 Å². The Kier molecular flexibility index (Phi) is 7.70. The number of imidazole rings is 1. The zero-order valence-electron chi connectivity index (χ0n) is 20.6. The quantitative estimate of drug-likeness (QED) is 0.187. The van der Waals surface area contributed by atoms with Crippen molar-refractivity contribution in [2.45, 2.75) is 39.7 Å². The van der Waals surface area contributed by atoms with E-state index in [0.717, 1.165) is 3.57 Å². The third kappa shape index (κ3) is 4.99. The number of rotatable bonds is 7. The number of hydrogen-bond acceptors (Lipinski definition) is 5. The van der Waals surface area contributed by atoms with Crippen LogP contribution in [0.25, 0.3) is 5.52 Å². The van der Waals surface area contributed by atoms with Gasteiger partial charge < -0.3 is 0 Å². The summed E-state index contributed by atoms with van der Waals surface area (Å²) in [6, 6.07) is 11.2. The van der Waals surface area contributed by atoms with E-state index >= 15 is 4.39 Å². The SMILES string of the molecule is Cc1nc([C@@H](C)c2cc(Cl)c(F)c(C(=O)N[I-](C)c3ccccc3)c2OC(C)C)n2ccnc(N)c12. The van der Waals surface area contributed by atoms with Gasteiger partial charge in [0.15, 0.2) is 0 Å². The third-order valence-corrected chi connectivity index (χ3v) is 9.87. The van der Waals surface area contributed by atoms with Gasteiger partial charge >= 0.3 is 223 Å². The van der Waals surface area contributed by atoms with Gasteiger partial charge in [-0.05, 0) is 0 Å². The van der Waals surface area contributed by atoms with E-state index in [1.807, 2.05) is 67.4 Å². The average molecular weight is 624 g/mol. The van der Waals surface area contributed by atoms with Crippen LogP contribution in [0.15, 0.2) is 48.8 Å². The molecular weight excluding hydrogens is 596 g/mol. The van der Waals surface area contributed by atoms with E-state index in [1.54, 1.807) is 12.4 Å². The molecule has 0 unspecified atom stereocenters. The van der Waals surface area contributed by atoms with E-state index in [9.17, 15) is 4.79 Å². The predicted octanol–water partition coefficient (Wildman–Crippen LogP) is 2.12. The Bertz CT molecular complexity index is 1430. The van der Waals surface area contributed by atoms with Crippen molar-refractivity contribution in [1.29, 1.82) is 0 Å². The second-order valence-corrected chi connectivity index (χ2v) is 13.5. The summed E-state index contributed by atoms with van der Waals surface area (Å²) in [5.41, 5.74) is 7.85. The van der Waals surface area contributed by atoms with Gasteiger partial charge in [-0.15, -0.1) is 0 Å². The number of nitrogens with zero attached hydrogens (tertiary/aromatic N) is 3. The molecule has 10 heteroatoms. The Labute approximate surface area is 222 Å². The van der Waals surface area contributed by atoms with Crippen LogP contribution < -0.4 is 34.1 Å². The molecule has 0 aliphatic heterocycles. The van der Waals surface area contributed by atoms with Crippen LogP contribution in [-0.2, 0) is 0 Å². The van der Waals surface area contributed by atoms with E-state index in [-0.39, 0.29) is 22.4 Å². The summed E-state index contributed by atoms with van der Waals surface area (Å²) in [7, 11) is 0. The van der Waals surface area contributed by atoms with Gasteiger partial charge in [0, 0.05) is 0 Å². The zero-order chi connectivity index (χ0) is 26.1. The van der Waals surface area contributed by atoms with Gasteiger partial charge in [-0.3, -0.25) is 0 Å².